The zero-order valence-corrected chi connectivity index (χ0v) is 15.5. The van der Waals surface area contributed by atoms with Gasteiger partial charge in [-0.3, -0.25) is 10.2 Å². The summed E-state index contributed by atoms with van der Waals surface area (Å²) in [6.07, 6.45) is 1.77. The summed E-state index contributed by atoms with van der Waals surface area (Å²) >= 11 is 0. The van der Waals surface area contributed by atoms with E-state index in [2.05, 4.69) is 28.1 Å². The second-order valence-corrected chi connectivity index (χ2v) is 6.46. The average Bonchev–Trinajstić information content (AvgIpc) is 3.19. The van der Waals surface area contributed by atoms with Gasteiger partial charge in [-0.25, -0.2) is 5.43 Å². The number of anilines is 1. The molecule has 6 nitrogen and oxygen atoms in total. The molecular weight excluding hydrogens is 340 g/mol. The van der Waals surface area contributed by atoms with E-state index in [-0.39, 0.29) is 17.9 Å². The average molecular weight is 366 g/mol. The maximum Gasteiger partial charge on any atom is 0.253 e. The lowest BCUT2D eigenvalue weighted by Gasteiger charge is -2.20. The predicted molar refractivity (Wildman–Crippen MR) is 108 cm³/mol. The quantitative estimate of drug-likeness (QED) is 0.540. The Balaban J connectivity index is 1.63. The minimum absolute atomic E-state index is 0.0810. The van der Waals surface area contributed by atoms with Crippen LogP contribution < -0.4 is 26.2 Å². The molecule has 4 N–H and O–H groups in total. The van der Waals surface area contributed by atoms with Crippen LogP contribution in [0.1, 0.15) is 22.0 Å². The van der Waals surface area contributed by atoms with Gasteiger partial charge in [0.1, 0.15) is 5.75 Å². The Bertz CT molecular complexity index is 776. The van der Waals surface area contributed by atoms with Gasteiger partial charge in [-0.05, 0) is 29.8 Å². The summed E-state index contributed by atoms with van der Waals surface area (Å²) in [5.41, 5.74) is 9.10. The maximum absolute atomic E-state index is 12.7. The second kappa shape index (κ2) is 9.21. The Morgan fingerprint density at radius 3 is 2.78 bits per heavy atom. The Hall–Kier alpha value is -2.83. The molecule has 1 fully saturated rings. The molecule has 2 atom stereocenters. The number of carbonyl (C=O) groups is 1. The summed E-state index contributed by atoms with van der Waals surface area (Å²) in [5, 5.41) is 6.27. The Morgan fingerprint density at radius 2 is 2.04 bits per heavy atom. The minimum atomic E-state index is -0.0810. The number of hydrogen-bond acceptors (Lipinski definition) is 5. The number of benzene rings is 2. The molecular formula is C21H26N4O2. The number of carbonyl (C=O) groups excluding carboxylic acids is 1. The molecule has 2 aromatic carbocycles. The van der Waals surface area contributed by atoms with Gasteiger partial charge in [0.2, 0.25) is 0 Å². The summed E-state index contributed by atoms with van der Waals surface area (Å²) in [5.74, 6) is 0.997. The van der Waals surface area contributed by atoms with Gasteiger partial charge in [-0.2, -0.15) is 0 Å². The van der Waals surface area contributed by atoms with Gasteiger partial charge < -0.3 is 15.4 Å². The molecule has 1 amide bonds. The summed E-state index contributed by atoms with van der Waals surface area (Å²) < 4.78 is 5.22. The normalized spacial score (nSPS) is 18.7. The summed E-state index contributed by atoms with van der Waals surface area (Å²) in [7, 11) is 1.66. The molecule has 1 aliphatic rings. The standard InChI is InChI=1S/C21H26N4O2/c1-3-12-22-19-7-5-4-6-18(19)21(26)23-13-16-14-24-25-20(16)15-8-10-17(27-2)11-9-15/h3-11,16,20,22,24-25H,1,12-14H2,2H3,(H,23,26). The van der Waals surface area contributed by atoms with Crippen molar-refractivity contribution in [2.24, 2.45) is 5.92 Å². The third kappa shape index (κ3) is 4.67. The van der Waals surface area contributed by atoms with Crippen LogP contribution in [0, 0.1) is 5.92 Å². The van der Waals surface area contributed by atoms with Crippen molar-refractivity contribution in [1.82, 2.24) is 16.2 Å². The molecule has 3 rings (SSSR count). The zero-order chi connectivity index (χ0) is 19.1. The van der Waals surface area contributed by atoms with Crippen molar-refractivity contribution in [3.8, 4) is 5.75 Å². The van der Waals surface area contributed by atoms with Gasteiger partial charge >= 0.3 is 0 Å². The predicted octanol–water partition coefficient (Wildman–Crippen LogP) is 2.49. The van der Waals surface area contributed by atoms with Gasteiger partial charge in [0.15, 0.2) is 0 Å². The molecule has 27 heavy (non-hydrogen) atoms. The number of ether oxygens (including phenoxy) is 1. The summed E-state index contributed by atoms with van der Waals surface area (Å²) in [6, 6.07) is 15.6. The molecule has 0 aliphatic carbocycles. The van der Waals surface area contributed by atoms with Crippen molar-refractivity contribution < 1.29 is 9.53 Å². The molecule has 1 aliphatic heterocycles. The first kappa shape index (κ1) is 18.9. The monoisotopic (exact) mass is 366 g/mol. The van der Waals surface area contributed by atoms with Gasteiger partial charge in [-0.15, -0.1) is 6.58 Å². The van der Waals surface area contributed by atoms with Crippen LogP contribution in [0.15, 0.2) is 61.2 Å². The highest BCUT2D eigenvalue weighted by atomic mass is 16.5. The van der Waals surface area contributed by atoms with Gasteiger partial charge in [0.25, 0.3) is 5.91 Å². The first-order valence-corrected chi connectivity index (χ1v) is 9.07. The van der Waals surface area contributed by atoms with Crippen LogP contribution in [0.4, 0.5) is 5.69 Å². The SMILES string of the molecule is C=CCNc1ccccc1C(=O)NCC1CNNC1c1ccc(OC)cc1. The second-order valence-electron chi connectivity index (χ2n) is 6.46. The zero-order valence-electron chi connectivity index (χ0n) is 15.5. The fourth-order valence-corrected chi connectivity index (χ4v) is 3.23. The van der Waals surface area contributed by atoms with E-state index in [0.29, 0.717) is 18.7 Å². The number of amides is 1. The van der Waals surface area contributed by atoms with E-state index in [0.717, 1.165) is 23.5 Å². The van der Waals surface area contributed by atoms with E-state index in [1.807, 2.05) is 48.5 Å². The van der Waals surface area contributed by atoms with Crippen molar-refractivity contribution in [2.45, 2.75) is 6.04 Å². The van der Waals surface area contributed by atoms with Crippen LogP contribution in [-0.4, -0.2) is 32.7 Å². The molecule has 6 heteroatoms. The van der Waals surface area contributed by atoms with Crippen LogP contribution in [0.25, 0.3) is 0 Å². The van der Waals surface area contributed by atoms with Crippen molar-refractivity contribution in [3.63, 3.8) is 0 Å². The highest BCUT2D eigenvalue weighted by molar-refractivity contribution is 5.99. The van der Waals surface area contributed by atoms with Crippen LogP contribution in [0.2, 0.25) is 0 Å². The van der Waals surface area contributed by atoms with E-state index in [1.54, 1.807) is 13.2 Å². The molecule has 1 heterocycles. The first-order chi connectivity index (χ1) is 13.2. The third-order valence-corrected chi connectivity index (χ3v) is 4.70. The number of methoxy groups -OCH3 is 1. The number of hydrogen-bond donors (Lipinski definition) is 4. The van der Waals surface area contributed by atoms with E-state index < -0.39 is 0 Å². The molecule has 2 unspecified atom stereocenters. The lowest BCUT2D eigenvalue weighted by molar-refractivity contribution is 0.0947. The van der Waals surface area contributed by atoms with Gasteiger partial charge in [-0.1, -0.05) is 30.3 Å². The van der Waals surface area contributed by atoms with Crippen molar-refractivity contribution >= 4 is 11.6 Å². The maximum atomic E-state index is 12.7. The lowest BCUT2D eigenvalue weighted by Crippen LogP contribution is -2.33. The molecule has 0 radical (unpaired) electrons. The van der Waals surface area contributed by atoms with Gasteiger partial charge in [0.05, 0.1) is 18.7 Å². The van der Waals surface area contributed by atoms with E-state index in [9.17, 15) is 4.79 Å². The lowest BCUT2D eigenvalue weighted by atomic mass is 9.94. The van der Waals surface area contributed by atoms with Crippen molar-refractivity contribution in [1.29, 1.82) is 0 Å². The highest BCUT2D eigenvalue weighted by Crippen LogP contribution is 2.26. The van der Waals surface area contributed by atoms with E-state index >= 15 is 0 Å². The van der Waals surface area contributed by atoms with Crippen LogP contribution in [0.5, 0.6) is 5.75 Å². The molecule has 2 aromatic rings. The molecule has 0 spiro atoms. The molecule has 1 saturated heterocycles. The molecule has 0 bridgehead atoms. The number of para-hydroxylation sites is 1. The van der Waals surface area contributed by atoms with Crippen molar-refractivity contribution in [3.05, 3.63) is 72.3 Å². The summed E-state index contributed by atoms with van der Waals surface area (Å²) in [6.45, 7) is 5.67. The van der Waals surface area contributed by atoms with Crippen LogP contribution in [-0.2, 0) is 0 Å². The topological polar surface area (TPSA) is 74.4 Å². The molecule has 142 valence electrons. The van der Waals surface area contributed by atoms with Gasteiger partial charge in [0, 0.05) is 31.2 Å². The van der Waals surface area contributed by atoms with Crippen LogP contribution in [0.3, 0.4) is 0 Å². The fraction of sp³-hybridized carbons (Fsp3) is 0.286. The van der Waals surface area contributed by atoms with E-state index in [1.165, 1.54) is 0 Å². The molecule has 0 saturated carbocycles. The number of hydrazine groups is 1. The van der Waals surface area contributed by atoms with Crippen molar-refractivity contribution in [2.75, 3.05) is 32.1 Å². The Morgan fingerprint density at radius 1 is 1.26 bits per heavy atom. The summed E-state index contributed by atoms with van der Waals surface area (Å²) in [4.78, 5) is 12.7. The van der Waals surface area contributed by atoms with E-state index in [4.69, 9.17) is 4.74 Å². The third-order valence-electron chi connectivity index (χ3n) is 4.70. The highest BCUT2D eigenvalue weighted by Gasteiger charge is 2.28. The smallest absolute Gasteiger partial charge is 0.253 e. The minimum Gasteiger partial charge on any atom is -0.497 e. The molecule has 0 aromatic heterocycles. The fourth-order valence-electron chi connectivity index (χ4n) is 3.23. The largest absolute Gasteiger partial charge is 0.497 e. The Kier molecular flexibility index (Phi) is 6.46. The number of rotatable bonds is 8. The van der Waals surface area contributed by atoms with Crippen LogP contribution >= 0.6 is 0 Å². The number of nitrogens with one attached hydrogen (secondary N) is 4. The Labute approximate surface area is 160 Å². The first-order valence-electron chi connectivity index (χ1n) is 9.07.